The summed E-state index contributed by atoms with van der Waals surface area (Å²) in [4.78, 5) is 0. The van der Waals surface area contributed by atoms with Crippen molar-refractivity contribution in [3.05, 3.63) is 35.4 Å². The zero-order chi connectivity index (χ0) is 10.7. The van der Waals surface area contributed by atoms with Gasteiger partial charge in [-0.15, -0.1) is 0 Å². The first-order chi connectivity index (χ1) is 7.24. The van der Waals surface area contributed by atoms with E-state index in [2.05, 4.69) is 5.32 Å². The quantitative estimate of drug-likeness (QED) is 0.810. The van der Waals surface area contributed by atoms with Crippen LogP contribution in [0.2, 0.25) is 0 Å². The average Bonchev–Trinajstić information content (AvgIpc) is 2.65. The van der Waals surface area contributed by atoms with Crippen LogP contribution in [0.25, 0.3) is 0 Å². The Bertz CT molecular complexity index is 312. The SMILES string of the molecule is Fc1cc(F)cc(CCC2CCNC2)c1. The van der Waals surface area contributed by atoms with E-state index in [1.54, 1.807) is 0 Å². The van der Waals surface area contributed by atoms with Gasteiger partial charge in [-0.05, 0) is 56.0 Å². The van der Waals surface area contributed by atoms with E-state index in [-0.39, 0.29) is 0 Å². The summed E-state index contributed by atoms with van der Waals surface area (Å²) in [5, 5.41) is 3.28. The maximum atomic E-state index is 12.9. The molecule has 2 rings (SSSR count). The van der Waals surface area contributed by atoms with Gasteiger partial charge in [0.15, 0.2) is 0 Å². The first-order valence-corrected chi connectivity index (χ1v) is 5.40. The molecule has 1 aliphatic rings. The molecular weight excluding hydrogens is 196 g/mol. The minimum atomic E-state index is -0.477. The summed E-state index contributed by atoms with van der Waals surface area (Å²) < 4.78 is 25.8. The van der Waals surface area contributed by atoms with E-state index >= 15 is 0 Å². The number of hydrogen-bond acceptors (Lipinski definition) is 1. The lowest BCUT2D eigenvalue weighted by atomic mass is 9.99. The molecular formula is C12H15F2N. The Labute approximate surface area is 88.5 Å². The topological polar surface area (TPSA) is 12.0 Å². The van der Waals surface area contributed by atoms with Crippen LogP contribution in [0.1, 0.15) is 18.4 Å². The highest BCUT2D eigenvalue weighted by molar-refractivity contribution is 5.18. The standard InChI is InChI=1S/C12H15F2N/c13-11-5-10(6-12(14)7-11)2-1-9-3-4-15-8-9/h5-7,9,15H,1-4,8H2. The lowest BCUT2D eigenvalue weighted by molar-refractivity contribution is 0.527. The van der Waals surface area contributed by atoms with Crippen molar-refractivity contribution >= 4 is 0 Å². The smallest absolute Gasteiger partial charge is 0.126 e. The van der Waals surface area contributed by atoms with Gasteiger partial charge in [-0.25, -0.2) is 8.78 Å². The Hall–Kier alpha value is -0.960. The Morgan fingerprint density at radius 2 is 1.93 bits per heavy atom. The normalized spacial score (nSPS) is 20.8. The molecule has 3 heteroatoms. The molecule has 1 N–H and O–H groups in total. The van der Waals surface area contributed by atoms with Gasteiger partial charge in [0.1, 0.15) is 11.6 Å². The van der Waals surface area contributed by atoms with Crippen molar-refractivity contribution in [2.24, 2.45) is 5.92 Å². The van der Waals surface area contributed by atoms with Gasteiger partial charge in [-0.3, -0.25) is 0 Å². The van der Waals surface area contributed by atoms with Crippen molar-refractivity contribution in [3.8, 4) is 0 Å². The number of rotatable bonds is 3. The molecule has 0 aromatic heterocycles. The second-order valence-corrected chi connectivity index (χ2v) is 4.18. The van der Waals surface area contributed by atoms with Gasteiger partial charge in [-0.2, -0.15) is 0 Å². The van der Waals surface area contributed by atoms with Gasteiger partial charge >= 0.3 is 0 Å². The van der Waals surface area contributed by atoms with Gasteiger partial charge in [0.2, 0.25) is 0 Å². The predicted molar refractivity (Wildman–Crippen MR) is 55.7 cm³/mol. The lowest BCUT2D eigenvalue weighted by Crippen LogP contribution is -2.09. The second-order valence-electron chi connectivity index (χ2n) is 4.18. The first-order valence-electron chi connectivity index (χ1n) is 5.40. The van der Waals surface area contributed by atoms with Crippen LogP contribution in [-0.2, 0) is 6.42 Å². The molecule has 82 valence electrons. The van der Waals surface area contributed by atoms with Crippen LogP contribution < -0.4 is 5.32 Å². The molecule has 1 aromatic rings. The van der Waals surface area contributed by atoms with E-state index in [1.807, 2.05) is 0 Å². The van der Waals surface area contributed by atoms with Crippen molar-refractivity contribution in [1.29, 1.82) is 0 Å². The number of aryl methyl sites for hydroxylation is 1. The Balaban J connectivity index is 1.92. The molecule has 1 heterocycles. The van der Waals surface area contributed by atoms with E-state index in [0.717, 1.165) is 37.6 Å². The monoisotopic (exact) mass is 211 g/mol. The van der Waals surface area contributed by atoms with Crippen LogP contribution in [0, 0.1) is 17.6 Å². The van der Waals surface area contributed by atoms with Crippen LogP contribution in [0.5, 0.6) is 0 Å². The Kier molecular flexibility index (Phi) is 3.31. The van der Waals surface area contributed by atoms with E-state index in [4.69, 9.17) is 0 Å². The molecule has 0 amide bonds. The highest BCUT2D eigenvalue weighted by atomic mass is 19.1. The van der Waals surface area contributed by atoms with Gasteiger partial charge in [0.05, 0.1) is 0 Å². The molecule has 1 aromatic carbocycles. The third-order valence-electron chi connectivity index (χ3n) is 2.93. The molecule has 1 nitrogen and oxygen atoms in total. The van der Waals surface area contributed by atoms with E-state index in [9.17, 15) is 8.78 Å². The average molecular weight is 211 g/mol. The lowest BCUT2D eigenvalue weighted by Gasteiger charge is -2.07. The van der Waals surface area contributed by atoms with Crippen LogP contribution >= 0.6 is 0 Å². The fourth-order valence-electron chi connectivity index (χ4n) is 2.09. The molecule has 1 unspecified atom stereocenters. The van der Waals surface area contributed by atoms with Crippen molar-refractivity contribution in [2.45, 2.75) is 19.3 Å². The van der Waals surface area contributed by atoms with Crippen LogP contribution in [0.15, 0.2) is 18.2 Å². The third-order valence-corrected chi connectivity index (χ3v) is 2.93. The molecule has 0 bridgehead atoms. The van der Waals surface area contributed by atoms with Crippen molar-refractivity contribution in [3.63, 3.8) is 0 Å². The molecule has 1 saturated heterocycles. The zero-order valence-corrected chi connectivity index (χ0v) is 8.60. The summed E-state index contributed by atoms with van der Waals surface area (Å²) in [6.45, 7) is 2.11. The highest BCUT2D eigenvalue weighted by Crippen LogP contribution is 2.17. The third kappa shape index (κ3) is 2.99. The first kappa shape index (κ1) is 10.6. The summed E-state index contributed by atoms with van der Waals surface area (Å²) >= 11 is 0. The fourth-order valence-corrected chi connectivity index (χ4v) is 2.09. The fraction of sp³-hybridized carbons (Fsp3) is 0.500. The Morgan fingerprint density at radius 1 is 1.20 bits per heavy atom. The molecule has 15 heavy (non-hydrogen) atoms. The van der Waals surface area contributed by atoms with Gasteiger partial charge < -0.3 is 5.32 Å². The van der Waals surface area contributed by atoms with Crippen LogP contribution in [0.3, 0.4) is 0 Å². The van der Waals surface area contributed by atoms with Crippen molar-refractivity contribution in [1.82, 2.24) is 5.32 Å². The number of nitrogens with one attached hydrogen (secondary N) is 1. The summed E-state index contributed by atoms with van der Waals surface area (Å²) in [5.41, 5.74) is 0.763. The molecule has 0 radical (unpaired) electrons. The Morgan fingerprint density at radius 3 is 2.53 bits per heavy atom. The van der Waals surface area contributed by atoms with Gasteiger partial charge in [-0.1, -0.05) is 0 Å². The van der Waals surface area contributed by atoms with E-state index in [1.165, 1.54) is 18.6 Å². The number of hydrogen-bond donors (Lipinski definition) is 1. The summed E-state index contributed by atoms with van der Waals surface area (Å²) in [7, 11) is 0. The molecule has 1 fully saturated rings. The summed E-state index contributed by atoms with van der Waals surface area (Å²) in [6, 6.07) is 3.76. The maximum absolute atomic E-state index is 12.9. The van der Waals surface area contributed by atoms with Gasteiger partial charge in [0.25, 0.3) is 0 Å². The highest BCUT2D eigenvalue weighted by Gasteiger charge is 2.14. The molecule has 0 saturated carbocycles. The van der Waals surface area contributed by atoms with Crippen LogP contribution in [0.4, 0.5) is 8.78 Å². The minimum absolute atomic E-state index is 0.477. The van der Waals surface area contributed by atoms with Gasteiger partial charge in [0, 0.05) is 6.07 Å². The maximum Gasteiger partial charge on any atom is 0.126 e. The molecule has 1 atom stereocenters. The molecule has 0 spiro atoms. The van der Waals surface area contributed by atoms with E-state index < -0.39 is 11.6 Å². The number of benzene rings is 1. The second kappa shape index (κ2) is 4.71. The van der Waals surface area contributed by atoms with Crippen LogP contribution in [-0.4, -0.2) is 13.1 Å². The van der Waals surface area contributed by atoms with Crippen molar-refractivity contribution < 1.29 is 8.78 Å². The minimum Gasteiger partial charge on any atom is -0.316 e. The largest absolute Gasteiger partial charge is 0.316 e. The molecule has 0 aliphatic carbocycles. The van der Waals surface area contributed by atoms with Crippen molar-refractivity contribution in [2.75, 3.05) is 13.1 Å². The summed E-state index contributed by atoms with van der Waals surface area (Å²) in [5.74, 6) is -0.291. The zero-order valence-electron chi connectivity index (χ0n) is 8.60. The summed E-state index contributed by atoms with van der Waals surface area (Å²) in [6.07, 6.45) is 2.95. The predicted octanol–water partition coefficient (Wildman–Crippen LogP) is 2.51. The number of halogens is 2. The molecule has 1 aliphatic heterocycles. The van der Waals surface area contributed by atoms with E-state index in [0.29, 0.717) is 5.92 Å².